The van der Waals surface area contributed by atoms with Crippen LogP contribution in [0, 0.1) is 0 Å². The molecule has 1 unspecified atom stereocenters. The van der Waals surface area contributed by atoms with Gasteiger partial charge in [-0.05, 0) is 30.7 Å². The summed E-state index contributed by atoms with van der Waals surface area (Å²) in [6.07, 6.45) is 5.95. The van der Waals surface area contributed by atoms with Crippen molar-refractivity contribution in [1.29, 1.82) is 0 Å². The molecule has 1 aliphatic heterocycles. The number of benzene rings is 2. The number of hydrogen-bond donors (Lipinski definition) is 2. The van der Waals surface area contributed by atoms with Gasteiger partial charge in [0.1, 0.15) is 12.4 Å². The summed E-state index contributed by atoms with van der Waals surface area (Å²) in [5.74, 6) is 1.80. The maximum absolute atomic E-state index is 12.6. The minimum absolute atomic E-state index is 0.249. The maximum Gasteiger partial charge on any atom is 0.248 e. The van der Waals surface area contributed by atoms with Crippen LogP contribution in [0.3, 0.4) is 0 Å². The zero-order valence-electron chi connectivity index (χ0n) is 17.8. The van der Waals surface area contributed by atoms with E-state index >= 15 is 0 Å². The summed E-state index contributed by atoms with van der Waals surface area (Å²) in [7, 11) is 0. The first-order valence-corrected chi connectivity index (χ1v) is 10.6. The summed E-state index contributed by atoms with van der Waals surface area (Å²) in [5, 5.41) is 16.7. The van der Waals surface area contributed by atoms with Crippen LogP contribution in [0.2, 0.25) is 0 Å². The van der Waals surface area contributed by atoms with Crippen molar-refractivity contribution in [2.75, 3.05) is 18.5 Å². The van der Waals surface area contributed by atoms with Crippen molar-refractivity contribution in [2.45, 2.75) is 32.3 Å². The van der Waals surface area contributed by atoms with Gasteiger partial charge < -0.3 is 19.5 Å². The number of carbonyl (C=O) groups excluding carboxylic acids is 1. The number of ether oxygens (including phenoxy) is 3. The molecule has 0 bridgehead atoms. The molecule has 9 nitrogen and oxygen atoms in total. The van der Waals surface area contributed by atoms with Gasteiger partial charge in [-0.2, -0.15) is 5.21 Å². The molecule has 2 N–H and O–H groups in total. The Hall–Kier alpha value is -3.88. The van der Waals surface area contributed by atoms with Crippen LogP contribution >= 0.6 is 0 Å². The SMILES string of the molecule is CCCCCOc1ccccc1C=CC(=O)Nc1cccc2c1OC(c1nn[nH]n1)CO2. The number of tetrazole rings is 1. The molecule has 0 saturated heterocycles. The Bertz CT molecular complexity index is 1070. The van der Waals surface area contributed by atoms with E-state index in [4.69, 9.17) is 14.2 Å². The number of aromatic nitrogens is 4. The molecule has 4 rings (SSSR count). The lowest BCUT2D eigenvalue weighted by molar-refractivity contribution is -0.111. The Balaban J connectivity index is 1.43. The standard InChI is InChI=1S/C23H25N5O4/c1-2-3-6-14-30-18-10-5-4-8-16(18)12-13-21(29)24-17-9-7-11-19-22(17)32-20(15-31-19)23-25-27-28-26-23/h4-5,7-13,20H,2-3,6,14-15H2,1H3,(H,24,29)(H,25,26,27,28). The normalized spacial score (nSPS) is 15.0. The lowest BCUT2D eigenvalue weighted by atomic mass is 10.2. The number of amides is 1. The fraction of sp³-hybridized carbons (Fsp3) is 0.304. The summed E-state index contributed by atoms with van der Waals surface area (Å²) < 4.78 is 17.6. The van der Waals surface area contributed by atoms with Gasteiger partial charge in [-0.25, -0.2) is 0 Å². The topological polar surface area (TPSA) is 111 Å². The molecule has 1 aromatic heterocycles. The number of anilines is 1. The van der Waals surface area contributed by atoms with Gasteiger partial charge in [0.05, 0.1) is 12.3 Å². The lowest BCUT2D eigenvalue weighted by Gasteiger charge is -2.26. The minimum Gasteiger partial charge on any atom is -0.493 e. The van der Waals surface area contributed by atoms with E-state index in [1.165, 1.54) is 6.08 Å². The highest BCUT2D eigenvalue weighted by Gasteiger charge is 2.28. The largest absolute Gasteiger partial charge is 0.493 e. The number of para-hydroxylation sites is 2. The number of rotatable bonds is 9. The maximum atomic E-state index is 12.6. The molecule has 166 valence electrons. The molecule has 32 heavy (non-hydrogen) atoms. The number of fused-ring (bicyclic) bond motifs is 1. The average molecular weight is 435 g/mol. The van der Waals surface area contributed by atoms with E-state index in [2.05, 4.69) is 32.9 Å². The van der Waals surface area contributed by atoms with Gasteiger partial charge in [-0.1, -0.05) is 49.2 Å². The van der Waals surface area contributed by atoms with Gasteiger partial charge >= 0.3 is 0 Å². The Kier molecular flexibility index (Phi) is 6.96. The van der Waals surface area contributed by atoms with Gasteiger partial charge in [-0.15, -0.1) is 10.2 Å². The van der Waals surface area contributed by atoms with Gasteiger partial charge in [0.25, 0.3) is 0 Å². The summed E-state index contributed by atoms with van der Waals surface area (Å²) >= 11 is 0. The van der Waals surface area contributed by atoms with Gasteiger partial charge in [0, 0.05) is 11.6 Å². The summed E-state index contributed by atoms with van der Waals surface area (Å²) in [6.45, 7) is 3.06. The molecule has 0 spiro atoms. The van der Waals surface area contributed by atoms with E-state index in [1.54, 1.807) is 24.3 Å². The summed E-state index contributed by atoms with van der Waals surface area (Å²) in [4.78, 5) is 12.6. The molecule has 0 fully saturated rings. The molecule has 0 aliphatic carbocycles. The van der Waals surface area contributed by atoms with Crippen LogP contribution in [0.25, 0.3) is 6.08 Å². The molecule has 0 saturated carbocycles. The van der Waals surface area contributed by atoms with Crippen molar-refractivity contribution in [2.24, 2.45) is 0 Å². The van der Waals surface area contributed by atoms with E-state index in [-0.39, 0.29) is 12.5 Å². The molecular formula is C23H25N5O4. The molecule has 9 heteroatoms. The highest BCUT2D eigenvalue weighted by molar-refractivity contribution is 6.03. The van der Waals surface area contributed by atoms with Gasteiger partial charge in [0.2, 0.25) is 11.7 Å². The van der Waals surface area contributed by atoms with Crippen LogP contribution in [-0.4, -0.2) is 39.7 Å². The van der Waals surface area contributed by atoms with E-state index in [1.807, 2.05) is 24.3 Å². The Morgan fingerprint density at radius 1 is 1.25 bits per heavy atom. The predicted molar refractivity (Wildman–Crippen MR) is 119 cm³/mol. The fourth-order valence-corrected chi connectivity index (χ4v) is 3.25. The third-order valence-corrected chi connectivity index (χ3v) is 4.88. The third-order valence-electron chi connectivity index (χ3n) is 4.88. The van der Waals surface area contributed by atoms with Crippen molar-refractivity contribution in [3.63, 3.8) is 0 Å². The second kappa shape index (κ2) is 10.4. The Morgan fingerprint density at radius 3 is 3.00 bits per heavy atom. The molecule has 3 aromatic rings. The molecule has 2 aromatic carbocycles. The molecule has 1 aliphatic rings. The van der Waals surface area contributed by atoms with Crippen LogP contribution in [0.15, 0.2) is 48.5 Å². The number of hydrogen-bond acceptors (Lipinski definition) is 7. The van der Waals surface area contributed by atoms with Crippen molar-refractivity contribution >= 4 is 17.7 Å². The zero-order chi connectivity index (χ0) is 22.2. The van der Waals surface area contributed by atoms with Crippen molar-refractivity contribution in [3.8, 4) is 17.2 Å². The monoisotopic (exact) mass is 435 g/mol. The second-order valence-corrected chi connectivity index (χ2v) is 7.24. The van der Waals surface area contributed by atoms with E-state index in [0.717, 1.165) is 30.6 Å². The van der Waals surface area contributed by atoms with Gasteiger partial charge in [-0.3, -0.25) is 4.79 Å². The minimum atomic E-state index is -0.522. The number of nitrogens with zero attached hydrogens (tertiary/aromatic N) is 3. The molecular weight excluding hydrogens is 410 g/mol. The first kappa shape index (κ1) is 21.4. The number of unbranched alkanes of at least 4 members (excludes halogenated alkanes) is 2. The quantitative estimate of drug-likeness (QED) is 0.387. The van der Waals surface area contributed by atoms with Gasteiger partial charge in [0.15, 0.2) is 17.6 Å². The Morgan fingerprint density at radius 2 is 2.16 bits per heavy atom. The Labute approximate surface area is 185 Å². The molecule has 1 amide bonds. The van der Waals surface area contributed by atoms with Crippen molar-refractivity contribution in [1.82, 2.24) is 20.6 Å². The van der Waals surface area contributed by atoms with Crippen molar-refractivity contribution < 1.29 is 19.0 Å². The third kappa shape index (κ3) is 5.23. The summed E-state index contributed by atoms with van der Waals surface area (Å²) in [6, 6.07) is 13.0. The fourth-order valence-electron chi connectivity index (χ4n) is 3.25. The molecule has 0 radical (unpaired) electrons. The zero-order valence-corrected chi connectivity index (χ0v) is 17.8. The number of carbonyl (C=O) groups is 1. The molecule has 2 heterocycles. The predicted octanol–water partition coefficient (Wildman–Crippen LogP) is 3.93. The first-order valence-electron chi connectivity index (χ1n) is 10.6. The van der Waals surface area contributed by atoms with E-state index in [0.29, 0.717) is 29.6 Å². The summed E-state index contributed by atoms with van der Waals surface area (Å²) in [5.41, 5.74) is 1.33. The number of H-pyrrole nitrogens is 1. The van der Waals surface area contributed by atoms with Crippen LogP contribution in [0.5, 0.6) is 17.2 Å². The lowest BCUT2D eigenvalue weighted by Crippen LogP contribution is -2.24. The highest BCUT2D eigenvalue weighted by Crippen LogP contribution is 2.41. The van der Waals surface area contributed by atoms with Crippen LogP contribution in [0.4, 0.5) is 5.69 Å². The van der Waals surface area contributed by atoms with Crippen molar-refractivity contribution in [3.05, 3.63) is 59.9 Å². The smallest absolute Gasteiger partial charge is 0.248 e. The number of nitrogens with one attached hydrogen (secondary N) is 2. The van der Waals surface area contributed by atoms with Crippen LogP contribution in [0.1, 0.15) is 43.7 Å². The number of aromatic amines is 1. The van der Waals surface area contributed by atoms with E-state index in [9.17, 15) is 4.79 Å². The second-order valence-electron chi connectivity index (χ2n) is 7.24. The molecule has 1 atom stereocenters. The average Bonchev–Trinajstić information content (AvgIpc) is 3.36. The van der Waals surface area contributed by atoms with Crippen LogP contribution < -0.4 is 19.5 Å². The van der Waals surface area contributed by atoms with E-state index < -0.39 is 6.10 Å². The highest BCUT2D eigenvalue weighted by atomic mass is 16.6. The first-order chi connectivity index (χ1) is 15.7. The van der Waals surface area contributed by atoms with Crippen LogP contribution in [-0.2, 0) is 4.79 Å².